The second kappa shape index (κ2) is 5.87. The number of nitrogen functional groups attached to an aromatic ring is 1. The Bertz CT molecular complexity index is 831. The summed E-state index contributed by atoms with van der Waals surface area (Å²) in [5.41, 5.74) is 9.20. The molecule has 0 fully saturated rings. The lowest BCUT2D eigenvalue weighted by Gasteiger charge is -2.09. The predicted octanol–water partition coefficient (Wildman–Crippen LogP) is 3.80. The molecule has 5 nitrogen and oxygen atoms in total. The molecule has 3 aromatic rings. The van der Waals surface area contributed by atoms with Crippen molar-refractivity contribution in [2.75, 3.05) is 5.73 Å². The van der Waals surface area contributed by atoms with E-state index in [1.165, 1.54) is 0 Å². The van der Waals surface area contributed by atoms with Gasteiger partial charge in [0.25, 0.3) is 0 Å². The van der Waals surface area contributed by atoms with Crippen molar-refractivity contribution in [3.8, 4) is 22.5 Å². The zero-order valence-electron chi connectivity index (χ0n) is 11.6. The molecule has 0 aliphatic rings. The van der Waals surface area contributed by atoms with Gasteiger partial charge in [0.1, 0.15) is 16.5 Å². The lowest BCUT2D eigenvalue weighted by Crippen LogP contribution is -2.02. The number of nitrogens with two attached hydrogens (primary N) is 1. The van der Waals surface area contributed by atoms with Gasteiger partial charge in [-0.3, -0.25) is 0 Å². The topological polar surface area (TPSA) is 77.6 Å². The van der Waals surface area contributed by atoms with Crippen LogP contribution in [0.2, 0.25) is 10.2 Å². The first-order valence-corrected chi connectivity index (χ1v) is 7.19. The van der Waals surface area contributed by atoms with E-state index in [0.717, 1.165) is 16.8 Å². The van der Waals surface area contributed by atoms with Crippen LogP contribution >= 0.6 is 23.2 Å². The molecule has 0 aliphatic carbocycles. The van der Waals surface area contributed by atoms with E-state index in [-0.39, 0.29) is 5.95 Å². The Kier molecular flexibility index (Phi) is 3.92. The molecule has 110 valence electrons. The maximum absolute atomic E-state index is 6.06. The van der Waals surface area contributed by atoms with Gasteiger partial charge in [0.15, 0.2) is 0 Å². The molecule has 2 N–H and O–H groups in total. The summed E-state index contributed by atoms with van der Waals surface area (Å²) < 4.78 is 0. The van der Waals surface area contributed by atoms with Crippen LogP contribution in [-0.4, -0.2) is 20.2 Å². The minimum atomic E-state index is 0.0931. The summed E-state index contributed by atoms with van der Waals surface area (Å²) in [6.45, 7) is 1.85. The molecule has 0 spiro atoms. The van der Waals surface area contributed by atoms with E-state index in [9.17, 15) is 0 Å². The highest BCUT2D eigenvalue weighted by atomic mass is 35.5. The van der Waals surface area contributed by atoms with Crippen LogP contribution in [0.15, 0.2) is 36.4 Å². The number of aryl methyl sites for hydroxylation is 1. The first-order valence-electron chi connectivity index (χ1n) is 6.43. The number of hydrogen-bond donors (Lipinski definition) is 1. The number of hydrogen-bond acceptors (Lipinski definition) is 5. The molecule has 0 unspecified atom stereocenters. The summed E-state index contributed by atoms with van der Waals surface area (Å²) in [6, 6.07) is 10.9. The lowest BCUT2D eigenvalue weighted by atomic mass is 10.0. The van der Waals surface area contributed by atoms with Crippen molar-refractivity contribution < 1.29 is 0 Å². The summed E-state index contributed by atoms with van der Waals surface area (Å²) in [7, 11) is 0. The van der Waals surface area contributed by atoms with Crippen molar-refractivity contribution in [2.24, 2.45) is 0 Å². The van der Waals surface area contributed by atoms with E-state index in [4.69, 9.17) is 28.9 Å². The molecule has 22 heavy (non-hydrogen) atoms. The third-order valence-corrected chi connectivity index (χ3v) is 3.43. The number of pyridine rings is 1. The number of rotatable bonds is 2. The molecule has 0 amide bonds. The molecular formula is C15H11Cl2N5. The standard InChI is InChI=1S/C15H11Cl2N5/c1-8-5-10(7-12(17)19-8)14-13(20-15(18)22-21-14)9-3-2-4-11(16)6-9/h2-7H,1H3,(H2,18,20,22). The second-order valence-electron chi connectivity index (χ2n) is 4.70. The zero-order chi connectivity index (χ0) is 15.7. The van der Waals surface area contributed by atoms with Gasteiger partial charge >= 0.3 is 0 Å². The molecule has 7 heteroatoms. The van der Waals surface area contributed by atoms with Gasteiger partial charge in [-0.2, -0.15) is 0 Å². The van der Waals surface area contributed by atoms with E-state index in [2.05, 4.69) is 20.2 Å². The highest BCUT2D eigenvalue weighted by molar-refractivity contribution is 6.31. The van der Waals surface area contributed by atoms with Gasteiger partial charge < -0.3 is 5.73 Å². The SMILES string of the molecule is Cc1cc(-c2nnc(N)nc2-c2cccc(Cl)c2)cc(Cl)n1. The monoisotopic (exact) mass is 331 g/mol. The van der Waals surface area contributed by atoms with E-state index in [0.29, 0.717) is 21.6 Å². The van der Waals surface area contributed by atoms with E-state index < -0.39 is 0 Å². The van der Waals surface area contributed by atoms with Crippen LogP contribution < -0.4 is 5.73 Å². The quantitative estimate of drug-likeness (QED) is 0.722. The Morgan fingerprint density at radius 1 is 0.909 bits per heavy atom. The predicted molar refractivity (Wildman–Crippen MR) is 87.7 cm³/mol. The molecular weight excluding hydrogens is 321 g/mol. The third kappa shape index (κ3) is 3.00. The number of nitrogens with zero attached hydrogens (tertiary/aromatic N) is 4. The first kappa shape index (κ1) is 14.7. The maximum Gasteiger partial charge on any atom is 0.240 e. The van der Waals surface area contributed by atoms with Crippen molar-refractivity contribution in [1.82, 2.24) is 20.2 Å². The highest BCUT2D eigenvalue weighted by Gasteiger charge is 2.14. The normalized spacial score (nSPS) is 10.7. The van der Waals surface area contributed by atoms with Crippen LogP contribution in [-0.2, 0) is 0 Å². The van der Waals surface area contributed by atoms with Gasteiger partial charge in [-0.25, -0.2) is 9.97 Å². The maximum atomic E-state index is 6.06. The Morgan fingerprint density at radius 3 is 2.45 bits per heavy atom. The zero-order valence-corrected chi connectivity index (χ0v) is 13.1. The minimum Gasteiger partial charge on any atom is -0.366 e. The van der Waals surface area contributed by atoms with Crippen LogP contribution in [0.25, 0.3) is 22.5 Å². The van der Waals surface area contributed by atoms with Crippen LogP contribution in [0, 0.1) is 6.92 Å². The van der Waals surface area contributed by atoms with Gasteiger partial charge in [0.2, 0.25) is 5.95 Å². The molecule has 0 atom stereocenters. The minimum absolute atomic E-state index is 0.0931. The Hall–Kier alpha value is -2.24. The molecule has 0 aliphatic heterocycles. The number of aromatic nitrogens is 4. The number of anilines is 1. The molecule has 0 saturated heterocycles. The average molecular weight is 332 g/mol. The molecule has 0 bridgehead atoms. The highest BCUT2D eigenvalue weighted by Crippen LogP contribution is 2.31. The van der Waals surface area contributed by atoms with Crippen LogP contribution in [0.5, 0.6) is 0 Å². The van der Waals surface area contributed by atoms with Gasteiger partial charge in [-0.15, -0.1) is 10.2 Å². The van der Waals surface area contributed by atoms with Crippen LogP contribution in [0.4, 0.5) is 5.95 Å². The van der Waals surface area contributed by atoms with Crippen molar-refractivity contribution in [1.29, 1.82) is 0 Å². The molecule has 3 rings (SSSR count). The van der Waals surface area contributed by atoms with E-state index >= 15 is 0 Å². The Labute approximate surface area is 137 Å². The third-order valence-electron chi connectivity index (χ3n) is 3.00. The van der Waals surface area contributed by atoms with Crippen LogP contribution in [0.1, 0.15) is 5.69 Å². The summed E-state index contributed by atoms with van der Waals surface area (Å²) in [4.78, 5) is 8.45. The molecule has 0 saturated carbocycles. The fourth-order valence-electron chi connectivity index (χ4n) is 2.13. The summed E-state index contributed by atoms with van der Waals surface area (Å²) in [5.74, 6) is 0.0931. The Morgan fingerprint density at radius 2 is 1.73 bits per heavy atom. The fraction of sp³-hybridized carbons (Fsp3) is 0.0667. The fourth-order valence-corrected chi connectivity index (χ4v) is 2.58. The number of halogens is 2. The van der Waals surface area contributed by atoms with E-state index in [1.54, 1.807) is 18.2 Å². The van der Waals surface area contributed by atoms with E-state index in [1.807, 2.05) is 25.1 Å². The molecule has 2 aromatic heterocycles. The summed E-state index contributed by atoms with van der Waals surface area (Å²) in [5, 5.41) is 9.00. The number of benzene rings is 1. The van der Waals surface area contributed by atoms with Crippen LogP contribution in [0.3, 0.4) is 0 Å². The smallest absolute Gasteiger partial charge is 0.240 e. The lowest BCUT2D eigenvalue weighted by molar-refractivity contribution is 0.995. The summed E-state index contributed by atoms with van der Waals surface area (Å²) >= 11 is 12.1. The molecule has 0 radical (unpaired) electrons. The van der Waals surface area contributed by atoms with Gasteiger partial charge in [0, 0.05) is 21.8 Å². The first-order chi connectivity index (χ1) is 10.5. The van der Waals surface area contributed by atoms with Crippen molar-refractivity contribution in [3.05, 3.63) is 52.3 Å². The molecule has 1 aromatic carbocycles. The second-order valence-corrected chi connectivity index (χ2v) is 5.52. The largest absolute Gasteiger partial charge is 0.366 e. The van der Waals surface area contributed by atoms with Crippen molar-refractivity contribution >= 4 is 29.2 Å². The van der Waals surface area contributed by atoms with Gasteiger partial charge in [-0.1, -0.05) is 35.3 Å². The molecule has 2 heterocycles. The van der Waals surface area contributed by atoms with Crippen molar-refractivity contribution in [3.63, 3.8) is 0 Å². The average Bonchev–Trinajstić information content (AvgIpc) is 2.46. The van der Waals surface area contributed by atoms with Crippen molar-refractivity contribution in [2.45, 2.75) is 6.92 Å². The van der Waals surface area contributed by atoms with Gasteiger partial charge in [0.05, 0.1) is 0 Å². The summed E-state index contributed by atoms with van der Waals surface area (Å²) in [6.07, 6.45) is 0. The Balaban J connectivity index is 2.24. The van der Waals surface area contributed by atoms with Gasteiger partial charge in [-0.05, 0) is 31.2 Å².